The summed E-state index contributed by atoms with van der Waals surface area (Å²) in [4.78, 5) is 8.69. The molecule has 2 aromatic heterocycles. The minimum Gasteiger partial charge on any atom is -0.380 e. The number of aryl methyl sites for hydroxylation is 2. The maximum Gasteiger partial charge on any atom is 0.138 e. The molecule has 4 nitrogen and oxygen atoms in total. The fraction of sp³-hybridized carbons (Fsp3) is 0.176. The third-order valence-corrected chi connectivity index (χ3v) is 3.56. The van der Waals surface area contributed by atoms with Crippen LogP contribution in [-0.4, -0.2) is 14.5 Å². The molecule has 106 valence electrons. The van der Waals surface area contributed by atoms with Crippen LogP contribution >= 0.6 is 0 Å². The van der Waals surface area contributed by atoms with Crippen molar-refractivity contribution in [3.8, 4) is 5.82 Å². The lowest BCUT2D eigenvalue weighted by Gasteiger charge is -2.10. The maximum atomic E-state index is 4.48. The van der Waals surface area contributed by atoms with E-state index >= 15 is 0 Å². The van der Waals surface area contributed by atoms with Crippen LogP contribution in [0.15, 0.2) is 55.0 Å². The fourth-order valence-electron chi connectivity index (χ4n) is 2.26. The fourth-order valence-corrected chi connectivity index (χ4v) is 2.26. The van der Waals surface area contributed by atoms with E-state index in [-0.39, 0.29) is 0 Å². The van der Waals surface area contributed by atoms with Crippen molar-refractivity contribution in [2.45, 2.75) is 20.4 Å². The maximum absolute atomic E-state index is 4.48. The predicted molar refractivity (Wildman–Crippen MR) is 84.6 cm³/mol. The molecule has 0 aliphatic heterocycles. The molecule has 2 heterocycles. The van der Waals surface area contributed by atoms with E-state index in [0.29, 0.717) is 0 Å². The van der Waals surface area contributed by atoms with Gasteiger partial charge in [-0.25, -0.2) is 9.97 Å². The first-order valence-corrected chi connectivity index (χ1v) is 6.99. The summed E-state index contributed by atoms with van der Waals surface area (Å²) in [6, 6.07) is 12.4. The summed E-state index contributed by atoms with van der Waals surface area (Å²) in [5.41, 5.74) is 3.61. The van der Waals surface area contributed by atoms with Gasteiger partial charge >= 0.3 is 0 Å². The van der Waals surface area contributed by atoms with Gasteiger partial charge < -0.3 is 5.32 Å². The minimum atomic E-state index is 0.803. The molecule has 0 bridgehead atoms. The van der Waals surface area contributed by atoms with Crippen molar-refractivity contribution < 1.29 is 0 Å². The van der Waals surface area contributed by atoms with Crippen LogP contribution < -0.4 is 5.32 Å². The second-order valence-electron chi connectivity index (χ2n) is 5.03. The Labute approximate surface area is 124 Å². The summed E-state index contributed by atoms with van der Waals surface area (Å²) in [6.07, 6.45) is 5.55. The molecule has 0 aliphatic carbocycles. The first-order chi connectivity index (χ1) is 10.2. The quantitative estimate of drug-likeness (QED) is 0.794. The lowest BCUT2D eigenvalue weighted by atomic mass is 10.1. The van der Waals surface area contributed by atoms with Crippen LogP contribution in [0.5, 0.6) is 0 Å². The van der Waals surface area contributed by atoms with Gasteiger partial charge in [0.15, 0.2) is 0 Å². The molecule has 0 aliphatic rings. The van der Waals surface area contributed by atoms with E-state index in [1.165, 1.54) is 11.1 Å². The number of imidazole rings is 1. The highest BCUT2D eigenvalue weighted by atomic mass is 15.1. The highest BCUT2D eigenvalue weighted by Gasteiger charge is 2.02. The molecule has 4 heteroatoms. The topological polar surface area (TPSA) is 42.7 Å². The Morgan fingerprint density at radius 3 is 2.57 bits per heavy atom. The number of hydrogen-bond acceptors (Lipinski definition) is 3. The van der Waals surface area contributed by atoms with E-state index < -0.39 is 0 Å². The van der Waals surface area contributed by atoms with Gasteiger partial charge in [0.05, 0.1) is 11.9 Å². The number of pyridine rings is 1. The molecule has 0 saturated heterocycles. The first-order valence-electron chi connectivity index (χ1n) is 6.99. The van der Waals surface area contributed by atoms with Crippen LogP contribution in [-0.2, 0) is 6.54 Å². The standard InChI is InChI=1S/C17H18N4/c1-13-5-3-4-6-15(13)11-19-16-7-8-17(20-12-16)21-10-9-18-14(21)2/h3-10,12,19H,11H2,1-2H3. The van der Waals surface area contributed by atoms with Crippen LogP contribution in [0.2, 0.25) is 0 Å². The Hall–Kier alpha value is -2.62. The molecule has 1 aromatic carbocycles. The molecule has 0 saturated carbocycles. The third-order valence-electron chi connectivity index (χ3n) is 3.56. The molecule has 3 aromatic rings. The zero-order valence-electron chi connectivity index (χ0n) is 12.2. The Kier molecular flexibility index (Phi) is 3.69. The molecular formula is C17H18N4. The molecule has 0 fully saturated rings. The van der Waals surface area contributed by atoms with Crippen molar-refractivity contribution in [3.63, 3.8) is 0 Å². The SMILES string of the molecule is Cc1ccccc1CNc1ccc(-n2ccnc2C)nc1. The minimum absolute atomic E-state index is 0.803. The van der Waals surface area contributed by atoms with E-state index in [9.17, 15) is 0 Å². The molecule has 0 atom stereocenters. The van der Waals surface area contributed by atoms with Crippen LogP contribution in [0, 0.1) is 13.8 Å². The Balaban J connectivity index is 1.71. The van der Waals surface area contributed by atoms with Gasteiger partial charge in [-0.1, -0.05) is 24.3 Å². The monoisotopic (exact) mass is 278 g/mol. The van der Waals surface area contributed by atoms with E-state index in [4.69, 9.17) is 0 Å². The van der Waals surface area contributed by atoms with Gasteiger partial charge in [0.25, 0.3) is 0 Å². The van der Waals surface area contributed by atoms with Crippen LogP contribution in [0.1, 0.15) is 17.0 Å². The largest absolute Gasteiger partial charge is 0.380 e. The lowest BCUT2D eigenvalue weighted by Crippen LogP contribution is -2.03. The zero-order valence-corrected chi connectivity index (χ0v) is 12.2. The van der Waals surface area contributed by atoms with E-state index in [2.05, 4.69) is 46.5 Å². The van der Waals surface area contributed by atoms with Crippen LogP contribution in [0.3, 0.4) is 0 Å². The molecule has 1 N–H and O–H groups in total. The molecule has 0 radical (unpaired) electrons. The van der Waals surface area contributed by atoms with E-state index in [0.717, 1.165) is 23.9 Å². The normalized spacial score (nSPS) is 10.6. The average Bonchev–Trinajstić information content (AvgIpc) is 2.93. The Morgan fingerprint density at radius 2 is 1.90 bits per heavy atom. The summed E-state index contributed by atoms with van der Waals surface area (Å²) in [7, 11) is 0. The summed E-state index contributed by atoms with van der Waals surface area (Å²) in [5.74, 6) is 1.81. The summed E-state index contributed by atoms with van der Waals surface area (Å²) >= 11 is 0. The molecule has 0 spiro atoms. The first kappa shape index (κ1) is 13.4. The van der Waals surface area contributed by atoms with Gasteiger partial charge in [-0.15, -0.1) is 0 Å². The van der Waals surface area contributed by atoms with Gasteiger partial charge in [-0.05, 0) is 37.1 Å². The highest BCUT2D eigenvalue weighted by Crippen LogP contribution is 2.14. The Bertz CT molecular complexity index is 729. The number of aromatic nitrogens is 3. The average molecular weight is 278 g/mol. The van der Waals surface area contributed by atoms with Crippen molar-refractivity contribution in [1.29, 1.82) is 0 Å². The van der Waals surface area contributed by atoms with Gasteiger partial charge in [-0.3, -0.25) is 4.57 Å². The van der Waals surface area contributed by atoms with Crippen molar-refractivity contribution in [2.24, 2.45) is 0 Å². The van der Waals surface area contributed by atoms with Crippen molar-refractivity contribution >= 4 is 5.69 Å². The van der Waals surface area contributed by atoms with Crippen molar-refractivity contribution in [3.05, 3.63) is 71.9 Å². The smallest absolute Gasteiger partial charge is 0.138 e. The van der Waals surface area contributed by atoms with Gasteiger partial charge in [-0.2, -0.15) is 0 Å². The second-order valence-corrected chi connectivity index (χ2v) is 5.03. The lowest BCUT2D eigenvalue weighted by molar-refractivity contribution is 0.932. The predicted octanol–water partition coefficient (Wildman–Crippen LogP) is 3.50. The number of rotatable bonds is 4. The van der Waals surface area contributed by atoms with Gasteiger partial charge in [0, 0.05) is 18.9 Å². The van der Waals surface area contributed by atoms with E-state index in [1.54, 1.807) is 6.20 Å². The van der Waals surface area contributed by atoms with Crippen molar-refractivity contribution in [2.75, 3.05) is 5.32 Å². The summed E-state index contributed by atoms with van der Waals surface area (Å²) in [6.45, 7) is 4.89. The molecule has 0 amide bonds. The van der Waals surface area contributed by atoms with E-state index in [1.807, 2.05) is 36.0 Å². The third kappa shape index (κ3) is 2.94. The number of benzene rings is 1. The molecular weight excluding hydrogens is 260 g/mol. The van der Waals surface area contributed by atoms with Crippen LogP contribution in [0.25, 0.3) is 5.82 Å². The number of nitrogens with zero attached hydrogens (tertiary/aromatic N) is 3. The molecule has 0 unspecified atom stereocenters. The number of nitrogens with one attached hydrogen (secondary N) is 1. The second kappa shape index (κ2) is 5.79. The summed E-state index contributed by atoms with van der Waals surface area (Å²) in [5, 5.41) is 3.40. The molecule has 21 heavy (non-hydrogen) atoms. The number of anilines is 1. The molecule has 3 rings (SSSR count). The summed E-state index contributed by atoms with van der Waals surface area (Å²) < 4.78 is 1.96. The zero-order chi connectivity index (χ0) is 14.7. The Morgan fingerprint density at radius 1 is 1.05 bits per heavy atom. The van der Waals surface area contributed by atoms with Gasteiger partial charge in [0.1, 0.15) is 11.6 Å². The highest BCUT2D eigenvalue weighted by molar-refractivity contribution is 5.45. The van der Waals surface area contributed by atoms with Gasteiger partial charge in [0.2, 0.25) is 0 Å². The van der Waals surface area contributed by atoms with Crippen molar-refractivity contribution in [1.82, 2.24) is 14.5 Å². The number of hydrogen-bond donors (Lipinski definition) is 1. The van der Waals surface area contributed by atoms with Crippen LogP contribution in [0.4, 0.5) is 5.69 Å².